The quantitative estimate of drug-likeness (QED) is 0.644. The SMILES string of the molecule is Nc1cc(OC=O)ccc1Cc1ccccc1. The predicted octanol–water partition coefficient (Wildman–Crippen LogP) is 2.39. The molecular weight excluding hydrogens is 214 g/mol. The van der Waals surface area contributed by atoms with Crippen LogP contribution in [0.1, 0.15) is 11.1 Å². The van der Waals surface area contributed by atoms with Crippen molar-refractivity contribution < 1.29 is 9.53 Å². The van der Waals surface area contributed by atoms with Crippen LogP contribution in [0.25, 0.3) is 0 Å². The molecule has 0 aromatic heterocycles. The van der Waals surface area contributed by atoms with Gasteiger partial charge >= 0.3 is 0 Å². The fourth-order valence-electron chi connectivity index (χ4n) is 1.68. The number of carbonyl (C=O) groups excluding carboxylic acids is 1. The molecule has 2 aromatic rings. The van der Waals surface area contributed by atoms with E-state index in [1.54, 1.807) is 12.1 Å². The molecule has 3 heteroatoms. The standard InChI is InChI=1S/C14H13NO2/c15-14-9-13(17-10-16)7-6-12(14)8-11-4-2-1-3-5-11/h1-7,9-10H,8,15H2. The number of hydrogen-bond acceptors (Lipinski definition) is 3. The summed E-state index contributed by atoms with van der Waals surface area (Å²) in [6.45, 7) is 0.394. The zero-order valence-electron chi connectivity index (χ0n) is 9.30. The van der Waals surface area contributed by atoms with Gasteiger partial charge in [0.2, 0.25) is 0 Å². The molecule has 0 aliphatic heterocycles. The van der Waals surface area contributed by atoms with Crippen molar-refractivity contribution >= 4 is 12.2 Å². The second-order valence-corrected chi connectivity index (χ2v) is 3.74. The zero-order valence-corrected chi connectivity index (χ0v) is 9.30. The topological polar surface area (TPSA) is 52.3 Å². The van der Waals surface area contributed by atoms with Crippen molar-refractivity contribution in [3.05, 3.63) is 59.7 Å². The van der Waals surface area contributed by atoms with Gasteiger partial charge in [0, 0.05) is 11.8 Å². The summed E-state index contributed by atoms with van der Waals surface area (Å²) in [6.07, 6.45) is 0.772. The van der Waals surface area contributed by atoms with Gasteiger partial charge in [-0.1, -0.05) is 36.4 Å². The summed E-state index contributed by atoms with van der Waals surface area (Å²) in [5.74, 6) is 0.467. The first-order valence-corrected chi connectivity index (χ1v) is 5.32. The second kappa shape index (κ2) is 5.16. The van der Waals surface area contributed by atoms with Gasteiger partial charge in [-0.3, -0.25) is 4.79 Å². The number of benzene rings is 2. The molecule has 0 amide bonds. The van der Waals surface area contributed by atoms with E-state index in [0.717, 1.165) is 12.0 Å². The molecule has 2 N–H and O–H groups in total. The first-order valence-electron chi connectivity index (χ1n) is 5.32. The molecule has 2 rings (SSSR count). The van der Waals surface area contributed by atoms with Crippen molar-refractivity contribution in [2.75, 3.05) is 5.73 Å². The number of rotatable bonds is 4. The Bertz CT molecular complexity index is 509. The number of hydrogen-bond donors (Lipinski definition) is 1. The Balaban J connectivity index is 2.19. The van der Waals surface area contributed by atoms with E-state index in [2.05, 4.69) is 12.1 Å². The van der Waals surface area contributed by atoms with Gasteiger partial charge in [-0.25, -0.2) is 0 Å². The van der Waals surface area contributed by atoms with Gasteiger partial charge in [-0.05, 0) is 23.6 Å². The van der Waals surface area contributed by atoms with Gasteiger partial charge in [-0.2, -0.15) is 0 Å². The number of anilines is 1. The van der Waals surface area contributed by atoms with Crippen LogP contribution in [0.4, 0.5) is 5.69 Å². The van der Waals surface area contributed by atoms with Crippen molar-refractivity contribution in [1.82, 2.24) is 0 Å². The minimum absolute atomic E-state index is 0.394. The maximum absolute atomic E-state index is 10.2. The Hall–Kier alpha value is -2.29. The molecule has 0 unspecified atom stereocenters. The molecule has 0 aliphatic carbocycles. The smallest absolute Gasteiger partial charge is 0.298 e. The molecule has 0 heterocycles. The second-order valence-electron chi connectivity index (χ2n) is 3.74. The molecule has 2 aromatic carbocycles. The number of carbonyl (C=O) groups is 1. The molecule has 0 saturated heterocycles. The van der Waals surface area contributed by atoms with Crippen molar-refractivity contribution in [2.45, 2.75) is 6.42 Å². The summed E-state index contributed by atoms with van der Waals surface area (Å²) in [5.41, 5.74) is 8.76. The van der Waals surface area contributed by atoms with Crippen molar-refractivity contribution in [3.63, 3.8) is 0 Å². The van der Waals surface area contributed by atoms with Crippen LogP contribution < -0.4 is 10.5 Å². The van der Waals surface area contributed by atoms with Crippen molar-refractivity contribution in [3.8, 4) is 5.75 Å². The molecule has 0 radical (unpaired) electrons. The molecule has 3 nitrogen and oxygen atoms in total. The van der Waals surface area contributed by atoms with Crippen LogP contribution in [0.3, 0.4) is 0 Å². The molecule has 0 fully saturated rings. The van der Waals surface area contributed by atoms with E-state index in [0.29, 0.717) is 17.9 Å². The Morgan fingerprint density at radius 3 is 2.53 bits per heavy atom. The maximum atomic E-state index is 10.2. The first-order chi connectivity index (χ1) is 8.29. The number of nitrogens with two attached hydrogens (primary N) is 1. The van der Waals surface area contributed by atoms with Gasteiger partial charge in [-0.15, -0.1) is 0 Å². The molecule has 86 valence electrons. The monoisotopic (exact) mass is 227 g/mol. The molecule has 0 atom stereocenters. The highest BCUT2D eigenvalue weighted by Crippen LogP contribution is 2.22. The van der Waals surface area contributed by atoms with E-state index >= 15 is 0 Å². The Morgan fingerprint density at radius 2 is 1.88 bits per heavy atom. The zero-order chi connectivity index (χ0) is 12.1. The van der Waals surface area contributed by atoms with Crippen LogP contribution >= 0.6 is 0 Å². The van der Waals surface area contributed by atoms with Crippen LogP contribution in [-0.4, -0.2) is 6.47 Å². The largest absolute Gasteiger partial charge is 0.429 e. The fourth-order valence-corrected chi connectivity index (χ4v) is 1.68. The lowest BCUT2D eigenvalue weighted by Crippen LogP contribution is -1.97. The molecule has 0 spiro atoms. The predicted molar refractivity (Wildman–Crippen MR) is 66.8 cm³/mol. The molecule has 17 heavy (non-hydrogen) atoms. The minimum Gasteiger partial charge on any atom is -0.429 e. The van der Waals surface area contributed by atoms with E-state index in [4.69, 9.17) is 10.5 Å². The third-order valence-corrected chi connectivity index (χ3v) is 2.54. The normalized spacial score (nSPS) is 9.88. The van der Waals surface area contributed by atoms with Gasteiger partial charge in [0.05, 0.1) is 0 Å². The first kappa shape index (κ1) is 11.2. The Morgan fingerprint density at radius 1 is 1.12 bits per heavy atom. The molecule has 0 aliphatic rings. The third-order valence-electron chi connectivity index (χ3n) is 2.54. The van der Waals surface area contributed by atoms with E-state index in [9.17, 15) is 4.79 Å². The minimum atomic E-state index is 0.394. The lowest BCUT2D eigenvalue weighted by atomic mass is 10.0. The summed E-state index contributed by atoms with van der Waals surface area (Å²) in [6, 6.07) is 15.3. The summed E-state index contributed by atoms with van der Waals surface area (Å²) in [7, 11) is 0. The lowest BCUT2D eigenvalue weighted by Gasteiger charge is -2.07. The Kier molecular flexibility index (Phi) is 3.40. The van der Waals surface area contributed by atoms with Crippen LogP contribution in [0.5, 0.6) is 5.75 Å². The average molecular weight is 227 g/mol. The average Bonchev–Trinajstić information content (AvgIpc) is 2.34. The summed E-state index contributed by atoms with van der Waals surface area (Å²) in [5, 5.41) is 0. The Labute approximate surface area is 99.8 Å². The number of ether oxygens (including phenoxy) is 1. The molecular formula is C14H13NO2. The van der Waals surface area contributed by atoms with Crippen LogP contribution in [0, 0.1) is 0 Å². The summed E-state index contributed by atoms with van der Waals surface area (Å²) >= 11 is 0. The van der Waals surface area contributed by atoms with Gasteiger partial charge in [0.15, 0.2) is 0 Å². The molecule has 0 bridgehead atoms. The number of nitrogen functional groups attached to an aromatic ring is 1. The molecule has 0 saturated carbocycles. The van der Waals surface area contributed by atoms with E-state index in [-0.39, 0.29) is 0 Å². The highest BCUT2D eigenvalue weighted by atomic mass is 16.5. The van der Waals surface area contributed by atoms with Gasteiger partial charge < -0.3 is 10.5 Å². The van der Waals surface area contributed by atoms with E-state index < -0.39 is 0 Å². The van der Waals surface area contributed by atoms with E-state index in [1.165, 1.54) is 5.56 Å². The maximum Gasteiger partial charge on any atom is 0.298 e. The van der Waals surface area contributed by atoms with Crippen LogP contribution in [0.2, 0.25) is 0 Å². The van der Waals surface area contributed by atoms with E-state index in [1.807, 2.05) is 24.3 Å². The van der Waals surface area contributed by atoms with Crippen molar-refractivity contribution in [1.29, 1.82) is 0 Å². The lowest BCUT2D eigenvalue weighted by molar-refractivity contribution is -0.120. The summed E-state index contributed by atoms with van der Waals surface area (Å²) < 4.78 is 4.73. The fraction of sp³-hybridized carbons (Fsp3) is 0.0714. The van der Waals surface area contributed by atoms with Gasteiger partial charge in [0.1, 0.15) is 5.75 Å². The van der Waals surface area contributed by atoms with Crippen molar-refractivity contribution in [2.24, 2.45) is 0 Å². The van der Waals surface area contributed by atoms with Crippen LogP contribution in [0.15, 0.2) is 48.5 Å². The highest BCUT2D eigenvalue weighted by Gasteiger charge is 2.02. The summed E-state index contributed by atoms with van der Waals surface area (Å²) in [4.78, 5) is 10.2. The highest BCUT2D eigenvalue weighted by molar-refractivity contribution is 5.55. The third kappa shape index (κ3) is 2.84. The van der Waals surface area contributed by atoms with Gasteiger partial charge in [0.25, 0.3) is 6.47 Å². The van der Waals surface area contributed by atoms with Crippen LogP contribution in [-0.2, 0) is 11.2 Å².